The monoisotopic (exact) mass is 326 g/mol. The second-order valence-corrected chi connectivity index (χ2v) is 5.54. The van der Waals surface area contributed by atoms with Crippen molar-refractivity contribution >= 4 is 33.6 Å². The van der Waals surface area contributed by atoms with E-state index in [2.05, 4.69) is 26.6 Å². The summed E-state index contributed by atoms with van der Waals surface area (Å²) >= 11 is 3.38. The predicted octanol–water partition coefficient (Wildman–Crippen LogP) is 2.75. The number of rotatable bonds is 4. The lowest BCUT2D eigenvalue weighted by Gasteiger charge is -2.15. The highest BCUT2D eigenvalue weighted by atomic mass is 79.9. The molecule has 1 aromatic carbocycles. The maximum atomic E-state index is 11.8. The van der Waals surface area contributed by atoms with E-state index in [9.17, 15) is 9.59 Å². The molecule has 1 aromatic rings. The number of carboxylic acids is 1. The van der Waals surface area contributed by atoms with Crippen LogP contribution in [0.3, 0.4) is 0 Å². The summed E-state index contributed by atoms with van der Waals surface area (Å²) in [4.78, 5) is 22.8. The van der Waals surface area contributed by atoms with E-state index < -0.39 is 17.5 Å². The molecule has 1 aliphatic carbocycles. The van der Waals surface area contributed by atoms with Gasteiger partial charge in [-0.25, -0.2) is 9.59 Å². The second-order valence-electron chi connectivity index (χ2n) is 4.62. The number of anilines is 1. The summed E-state index contributed by atoms with van der Waals surface area (Å²) in [6, 6.07) is 5.08. The Kier molecular flexibility index (Phi) is 3.80. The van der Waals surface area contributed by atoms with Gasteiger partial charge >= 0.3 is 12.0 Å². The number of hydrogen-bond donors (Lipinski definition) is 3. The van der Waals surface area contributed by atoms with Crippen molar-refractivity contribution in [3.8, 4) is 0 Å². The summed E-state index contributed by atoms with van der Waals surface area (Å²) in [5.41, 5.74) is 0.625. The number of nitrogens with one attached hydrogen (secondary N) is 2. The average Bonchev–Trinajstić information content (AvgIpc) is 3.12. The van der Waals surface area contributed by atoms with Gasteiger partial charge in [0.25, 0.3) is 0 Å². The van der Waals surface area contributed by atoms with E-state index in [1.165, 1.54) is 0 Å². The fraction of sp³-hybridized carbons (Fsp3) is 0.385. The molecule has 0 atom stereocenters. The number of halogens is 1. The van der Waals surface area contributed by atoms with Crippen LogP contribution in [0, 0.1) is 0 Å². The minimum atomic E-state index is -1.06. The van der Waals surface area contributed by atoms with Crippen LogP contribution in [0.4, 0.5) is 10.5 Å². The zero-order valence-corrected chi connectivity index (χ0v) is 12.1. The van der Waals surface area contributed by atoms with Crippen molar-refractivity contribution in [2.75, 3.05) is 5.32 Å². The quantitative estimate of drug-likeness (QED) is 0.796. The number of benzene rings is 1. The molecule has 0 radical (unpaired) electrons. The van der Waals surface area contributed by atoms with Crippen molar-refractivity contribution in [1.29, 1.82) is 0 Å². The fourth-order valence-corrected chi connectivity index (χ4v) is 2.27. The first kappa shape index (κ1) is 13.9. The maximum absolute atomic E-state index is 11.8. The average molecular weight is 327 g/mol. The van der Waals surface area contributed by atoms with Crippen LogP contribution in [0.2, 0.25) is 0 Å². The molecule has 1 aliphatic rings. The normalized spacial score (nSPS) is 15.7. The van der Waals surface area contributed by atoms with Gasteiger partial charge in [0.2, 0.25) is 0 Å². The number of hydrogen-bond acceptors (Lipinski definition) is 2. The Morgan fingerprint density at radius 3 is 2.63 bits per heavy atom. The van der Waals surface area contributed by atoms with Crippen LogP contribution in [0.25, 0.3) is 0 Å². The molecule has 3 N–H and O–H groups in total. The smallest absolute Gasteiger partial charge is 0.329 e. The molecule has 1 fully saturated rings. The van der Waals surface area contributed by atoms with Crippen LogP contribution in [0.1, 0.15) is 25.3 Å². The summed E-state index contributed by atoms with van der Waals surface area (Å²) in [7, 11) is 0. The Bertz CT molecular complexity index is 527. The molecular formula is C13H15BrN2O3. The number of aryl methyl sites for hydroxylation is 1. The first-order valence-corrected chi connectivity index (χ1v) is 6.87. The van der Waals surface area contributed by atoms with Crippen molar-refractivity contribution in [2.45, 2.75) is 31.7 Å². The van der Waals surface area contributed by atoms with Crippen LogP contribution >= 0.6 is 15.9 Å². The largest absolute Gasteiger partial charge is 0.480 e. The fourth-order valence-electron chi connectivity index (χ4n) is 1.86. The first-order chi connectivity index (χ1) is 8.97. The SMILES string of the molecule is CCc1cc(Br)ccc1NC(=O)NC1(C(=O)O)CC1. The third-order valence-electron chi connectivity index (χ3n) is 3.21. The molecule has 0 heterocycles. The van der Waals surface area contributed by atoms with E-state index in [1.807, 2.05) is 19.1 Å². The van der Waals surface area contributed by atoms with Crippen molar-refractivity contribution in [2.24, 2.45) is 0 Å². The molecule has 1 saturated carbocycles. The molecule has 0 spiro atoms. The summed E-state index contributed by atoms with van der Waals surface area (Å²) in [5, 5.41) is 14.2. The van der Waals surface area contributed by atoms with Crippen LogP contribution in [-0.2, 0) is 11.2 Å². The highest BCUT2D eigenvalue weighted by Gasteiger charge is 2.51. The topological polar surface area (TPSA) is 78.4 Å². The van der Waals surface area contributed by atoms with E-state index in [4.69, 9.17) is 5.11 Å². The standard InChI is InChI=1S/C13H15BrN2O3/c1-2-8-7-9(14)3-4-10(8)15-12(19)16-13(5-6-13)11(17)18/h3-4,7H,2,5-6H2,1H3,(H,17,18)(H2,15,16,19). The molecule has 0 aliphatic heterocycles. The highest BCUT2D eigenvalue weighted by molar-refractivity contribution is 9.10. The predicted molar refractivity (Wildman–Crippen MR) is 75.3 cm³/mol. The number of carbonyl (C=O) groups is 2. The molecule has 6 heteroatoms. The van der Waals surface area contributed by atoms with Crippen LogP contribution in [0.15, 0.2) is 22.7 Å². The minimum Gasteiger partial charge on any atom is -0.480 e. The maximum Gasteiger partial charge on any atom is 0.329 e. The Balaban J connectivity index is 2.05. The third-order valence-corrected chi connectivity index (χ3v) is 3.70. The van der Waals surface area contributed by atoms with Gasteiger partial charge in [0.15, 0.2) is 0 Å². The molecule has 102 valence electrons. The number of carbonyl (C=O) groups excluding carboxylic acids is 1. The second kappa shape index (κ2) is 5.21. The Hall–Kier alpha value is -1.56. The molecule has 0 saturated heterocycles. The van der Waals surface area contributed by atoms with E-state index in [1.54, 1.807) is 6.07 Å². The molecule has 0 bridgehead atoms. The van der Waals surface area contributed by atoms with Gasteiger partial charge in [-0.1, -0.05) is 22.9 Å². The summed E-state index contributed by atoms with van der Waals surface area (Å²) in [6.45, 7) is 1.99. The Morgan fingerprint density at radius 2 is 2.11 bits per heavy atom. The molecule has 2 amide bonds. The van der Waals surface area contributed by atoms with Gasteiger partial charge in [0, 0.05) is 10.2 Å². The Morgan fingerprint density at radius 1 is 1.42 bits per heavy atom. The van der Waals surface area contributed by atoms with Crippen molar-refractivity contribution in [3.63, 3.8) is 0 Å². The molecule has 2 rings (SSSR count). The first-order valence-electron chi connectivity index (χ1n) is 6.08. The number of aliphatic carboxylic acids is 1. The number of carboxylic acid groups (broad SMARTS) is 1. The third kappa shape index (κ3) is 3.07. The number of urea groups is 1. The molecule has 0 aromatic heterocycles. The van der Waals surface area contributed by atoms with Gasteiger partial charge in [-0.2, -0.15) is 0 Å². The highest BCUT2D eigenvalue weighted by Crippen LogP contribution is 2.35. The van der Waals surface area contributed by atoms with Gasteiger partial charge in [-0.3, -0.25) is 0 Å². The van der Waals surface area contributed by atoms with E-state index in [0.717, 1.165) is 16.5 Å². The van der Waals surface area contributed by atoms with Crippen LogP contribution in [0.5, 0.6) is 0 Å². The van der Waals surface area contributed by atoms with Crippen molar-refractivity contribution in [1.82, 2.24) is 5.32 Å². The molecule has 5 nitrogen and oxygen atoms in total. The molecular weight excluding hydrogens is 312 g/mol. The van der Waals surface area contributed by atoms with Crippen molar-refractivity contribution < 1.29 is 14.7 Å². The lowest BCUT2D eigenvalue weighted by Crippen LogP contribution is -2.45. The summed E-state index contributed by atoms with van der Waals surface area (Å²) < 4.78 is 0.944. The lowest BCUT2D eigenvalue weighted by molar-refractivity contribution is -0.140. The number of amides is 2. The lowest BCUT2D eigenvalue weighted by atomic mass is 10.1. The Labute approximate surface area is 119 Å². The van der Waals surface area contributed by atoms with Crippen molar-refractivity contribution in [3.05, 3.63) is 28.2 Å². The zero-order valence-electron chi connectivity index (χ0n) is 10.5. The van der Waals surface area contributed by atoms with Gasteiger partial charge in [-0.15, -0.1) is 0 Å². The zero-order chi connectivity index (χ0) is 14.0. The molecule has 19 heavy (non-hydrogen) atoms. The minimum absolute atomic E-state index is 0.475. The van der Waals surface area contributed by atoms with Crippen LogP contribution < -0.4 is 10.6 Å². The van der Waals surface area contributed by atoms with E-state index in [-0.39, 0.29) is 0 Å². The van der Waals surface area contributed by atoms with E-state index >= 15 is 0 Å². The van der Waals surface area contributed by atoms with Gasteiger partial charge in [0.1, 0.15) is 5.54 Å². The van der Waals surface area contributed by atoms with Crippen LogP contribution in [-0.4, -0.2) is 22.6 Å². The van der Waals surface area contributed by atoms with E-state index in [0.29, 0.717) is 18.5 Å². The summed E-state index contributed by atoms with van der Waals surface area (Å²) in [6.07, 6.45) is 1.74. The summed E-state index contributed by atoms with van der Waals surface area (Å²) in [5.74, 6) is -0.978. The molecule has 0 unspecified atom stereocenters. The van der Waals surface area contributed by atoms with Gasteiger partial charge < -0.3 is 15.7 Å². The van der Waals surface area contributed by atoms with Gasteiger partial charge in [0.05, 0.1) is 0 Å². The van der Waals surface area contributed by atoms with Gasteiger partial charge in [-0.05, 0) is 43.0 Å².